The van der Waals surface area contributed by atoms with E-state index in [1.165, 1.54) is 0 Å². The molecule has 2 aromatic rings. The topological polar surface area (TPSA) is 92.3 Å². The Labute approximate surface area is 158 Å². The van der Waals surface area contributed by atoms with E-state index in [1.54, 1.807) is 42.5 Å². The maximum absolute atomic E-state index is 12.3. The fourth-order valence-corrected chi connectivity index (χ4v) is 4.84. The monoisotopic (exact) mass is 386 g/mol. The van der Waals surface area contributed by atoms with Crippen LogP contribution in [-0.2, 0) is 14.6 Å². The van der Waals surface area contributed by atoms with E-state index < -0.39 is 15.8 Å². The molecule has 1 fully saturated rings. The molecule has 1 aliphatic heterocycles. The largest absolute Gasteiger partial charge is 0.349 e. The van der Waals surface area contributed by atoms with Gasteiger partial charge in [-0.05, 0) is 43.2 Å². The van der Waals surface area contributed by atoms with Crippen LogP contribution in [0.3, 0.4) is 0 Å². The van der Waals surface area contributed by atoms with Crippen LogP contribution in [0.2, 0.25) is 0 Å². The first-order valence-electron chi connectivity index (χ1n) is 8.81. The van der Waals surface area contributed by atoms with Crippen molar-refractivity contribution in [3.8, 4) is 0 Å². The van der Waals surface area contributed by atoms with E-state index in [0.717, 1.165) is 5.56 Å². The highest BCUT2D eigenvalue weighted by molar-refractivity contribution is 7.91. The van der Waals surface area contributed by atoms with E-state index in [0.29, 0.717) is 17.7 Å². The van der Waals surface area contributed by atoms with Crippen LogP contribution in [0.1, 0.15) is 35.3 Å². The number of carbonyl (C=O) groups is 2. The van der Waals surface area contributed by atoms with Crippen LogP contribution in [0.15, 0.2) is 54.6 Å². The molecular weight excluding hydrogens is 364 g/mol. The molecule has 3 rings (SSSR count). The van der Waals surface area contributed by atoms with Gasteiger partial charge in [0.05, 0.1) is 23.5 Å². The highest BCUT2D eigenvalue weighted by Crippen LogP contribution is 2.22. The summed E-state index contributed by atoms with van der Waals surface area (Å²) in [7, 11) is -3.10. The van der Waals surface area contributed by atoms with Gasteiger partial charge in [-0.25, -0.2) is 8.42 Å². The Morgan fingerprint density at radius 2 is 1.81 bits per heavy atom. The van der Waals surface area contributed by atoms with E-state index in [-0.39, 0.29) is 29.4 Å². The predicted molar refractivity (Wildman–Crippen MR) is 104 cm³/mol. The Kier molecular flexibility index (Phi) is 5.60. The maximum atomic E-state index is 12.3. The van der Waals surface area contributed by atoms with Gasteiger partial charge in [-0.3, -0.25) is 9.59 Å². The Bertz CT molecular complexity index is 941. The summed E-state index contributed by atoms with van der Waals surface area (Å²) in [5.74, 6) is -0.958. The second kappa shape index (κ2) is 7.92. The smallest absolute Gasteiger partial charge is 0.255 e. The summed E-state index contributed by atoms with van der Waals surface area (Å²) in [4.78, 5) is 24.6. The zero-order chi connectivity index (χ0) is 19.4. The van der Waals surface area contributed by atoms with Crippen molar-refractivity contribution in [3.05, 3.63) is 65.7 Å². The van der Waals surface area contributed by atoms with E-state index >= 15 is 0 Å². The second-order valence-corrected chi connectivity index (χ2v) is 9.00. The Morgan fingerprint density at radius 1 is 1.07 bits per heavy atom. The summed E-state index contributed by atoms with van der Waals surface area (Å²) in [6.45, 7) is 1.83. The van der Waals surface area contributed by atoms with Gasteiger partial charge in [0, 0.05) is 11.3 Å². The number of hydrogen-bond donors (Lipinski definition) is 2. The molecule has 2 N–H and O–H groups in total. The Hall–Kier alpha value is -2.67. The van der Waals surface area contributed by atoms with Crippen molar-refractivity contribution < 1.29 is 18.0 Å². The first-order valence-corrected chi connectivity index (χ1v) is 10.6. The SMILES string of the molecule is CC(NC(=O)C1CCS(=O)(=O)C1)c1cccc(NC(=O)c2ccccc2)c1. The van der Waals surface area contributed by atoms with Crippen LogP contribution in [0, 0.1) is 5.92 Å². The van der Waals surface area contributed by atoms with Crippen LogP contribution < -0.4 is 10.6 Å². The second-order valence-electron chi connectivity index (χ2n) is 6.78. The Balaban J connectivity index is 1.64. The van der Waals surface area contributed by atoms with E-state index in [9.17, 15) is 18.0 Å². The Morgan fingerprint density at radius 3 is 2.48 bits per heavy atom. The van der Waals surface area contributed by atoms with Gasteiger partial charge in [-0.15, -0.1) is 0 Å². The first-order chi connectivity index (χ1) is 12.8. The summed E-state index contributed by atoms with van der Waals surface area (Å²) in [6.07, 6.45) is 0.369. The van der Waals surface area contributed by atoms with Gasteiger partial charge in [0.2, 0.25) is 5.91 Å². The predicted octanol–water partition coefficient (Wildman–Crippen LogP) is 2.55. The molecular formula is C20H22N2O4S. The van der Waals surface area contributed by atoms with Crippen LogP contribution in [0.4, 0.5) is 5.69 Å². The standard InChI is InChI=1S/C20H22N2O4S/c1-14(21-20(24)17-10-11-27(25,26)13-17)16-8-5-9-18(12-16)22-19(23)15-6-3-2-4-7-15/h2-9,12,14,17H,10-11,13H2,1H3,(H,21,24)(H,22,23). The lowest BCUT2D eigenvalue weighted by molar-refractivity contribution is -0.124. The van der Waals surface area contributed by atoms with Gasteiger partial charge >= 0.3 is 0 Å². The van der Waals surface area contributed by atoms with Gasteiger partial charge < -0.3 is 10.6 Å². The number of benzene rings is 2. The van der Waals surface area contributed by atoms with E-state index in [2.05, 4.69) is 10.6 Å². The number of sulfone groups is 1. The average Bonchev–Trinajstić information content (AvgIpc) is 3.02. The van der Waals surface area contributed by atoms with Crippen molar-refractivity contribution in [1.82, 2.24) is 5.32 Å². The highest BCUT2D eigenvalue weighted by Gasteiger charge is 2.33. The van der Waals surface area contributed by atoms with Crippen molar-refractivity contribution >= 4 is 27.3 Å². The van der Waals surface area contributed by atoms with Gasteiger partial charge in [0.15, 0.2) is 9.84 Å². The molecule has 0 spiro atoms. The molecule has 0 aliphatic carbocycles. The molecule has 1 saturated heterocycles. The zero-order valence-corrected chi connectivity index (χ0v) is 15.8. The third kappa shape index (κ3) is 4.95. The van der Waals surface area contributed by atoms with Crippen LogP contribution in [0.5, 0.6) is 0 Å². The molecule has 27 heavy (non-hydrogen) atoms. The van der Waals surface area contributed by atoms with Crippen LogP contribution in [0.25, 0.3) is 0 Å². The molecule has 0 aromatic heterocycles. The minimum Gasteiger partial charge on any atom is -0.349 e. The number of anilines is 1. The summed E-state index contributed by atoms with van der Waals surface area (Å²) in [5.41, 5.74) is 2.02. The number of nitrogens with one attached hydrogen (secondary N) is 2. The molecule has 7 heteroatoms. The third-order valence-corrected chi connectivity index (χ3v) is 6.41. The highest BCUT2D eigenvalue weighted by atomic mass is 32.2. The maximum Gasteiger partial charge on any atom is 0.255 e. The molecule has 0 radical (unpaired) electrons. The number of carbonyl (C=O) groups excluding carboxylic acids is 2. The van der Waals surface area contributed by atoms with Gasteiger partial charge in [0.25, 0.3) is 5.91 Å². The lowest BCUT2D eigenvalue weighted by atomic mass is 10.0. The molecule has 0 saturated carbocycles. The summed E-state index contributed by atoms with van der Waals surface area (Å²) in [5, 5.41) is 5.71. The fraction of sp³-hybridized carbons (Fsp3) is 0.300. The van der Waals surface area contributed by atoms with Crippen molar-refractivity contribution in [2.75, 3.05) is 16.8 Å². The fourth-order valence-electron chi connectivity index (χ4n) is 3.09. The van der Waals surface area contributed by atoms with E-state index in [4.69, 9.17) is 0 Å². The molecule has 142 valence electrons. The number of rotatable bonds is 5. The summed E-state index contributed by atoms with van der Waals surface area (Å²) < 4.78 is 23.1. The minimum absolute atomic E-state index is 0.0699. The minimum atomic E-state index is -3.10. The quantitative estimate of drug-likeness (QED) is 0.826. The molecule has 2 amide bonds. The molecule has 2 aromatic carbocycles. The molecule has 2 atom stereocenters. The zero-order valence-electron chi connectivity index (χ0n) is 15.0. The van der Waals surface area contributed by atoms with Crippen molar-refractivity contribution in [1.29, 1.82) is 0 Å². The molecule has 2 unspecified atom stereocenters. The van der Waals surface area contributed by atoms with Gasteiger partial charge in [0.1, 0.15) is 0 Å². The van der Waals surface area contributed by atoms with Gasteiger partial charge in [-0.1, -0.05) is 30.3 Å². The third-order valence-electron chi connectivity index (χ3n) is 4.64. The number of hydrogen-bond acceptors (Lipinski definition) is 4. The first kappa shape index (κ1) is 19.1. The number of amides is 2. The van der Waals surface area contributed by atoms with Crippen LogP contribution >= 0.6 is 0 Å². The molecule has 1 heterocycles. The lowest BCUT2D eigenvalue weighted by Crippen LogP contribution is -2.33. The molecule has 6 nitrogen and oxygen atoms in total. The summed E-state index contributed by atoms with van der Waals surface area (Å²) in [6, 6.07) is 15.9. The van der Waals surface area contributed by atoms with E-state index in [1.807, 2.05) is 19.1 Å². The summed E-state index contributed by atoms with van der Waals surface area (Å²) >= 11 is 0. The van der Waals surface area contributed by atoms with Crippen LogP contribution in [-0.4, -0.2) is 31.7 Å². The molecule has 0 bridgehead atoms. The van der Waals surface area contributed by atoms with Crippen molar-refractivity contribution in [2.24, 2.45) is 5.92 Å². The average molecular weight is 386 g/mol. The lowest BCUT2D eigenvalue weighted by Gasteiger charge is -2.18. The van der Waals surface area contributed by atoms with Crippen molar-refractivity contribution in [3.63, 3.8) is 0 Å². The van der Waals surface area contributed by atoms with Crippen molar-refractivity contribution in [2.45, 2.75) is 19.4 Å². The normalized spacial score (nSPS) is 19.2. The van der Waals surface area contributed by atoms with Gasteiger partial charge in [-0.2, -0.15) is 0 Å². The molecule has 1 aliphatic rings.